The van der Waals surface area contributed by atoms with Gasteiger partial charge in [-0.05, 0) is 43.6 Å². The normalized spacial score (nSPS) is 22.9. The molecule has 3 saturated heterocycles. The van der Waals surface area contributed by atoms with Crippen molar-refractivity contribution >= 4 is 32.6 Å². The average molecular weight is 446 g/mol. The number of hydrogen-bond donors (Lipinski definition) is 1. The first-order valence-electron chi connectivity index (χ1n) is 11.2. The highest BCUT2D eigenvalue weighted by Crippen LogP contribution is 2.42. The summed E-state index contributed by atoms with van der Waals surface area (Å²) >= 11 is 0. The zero-order valence-corrected chi connectivity index (χ0v) is 18.9. The summed E-state index contributed by atoms with van der Waals surface area (Å²) in [7, 11) is -3.12. The van der Waals surface area contributed by atoms with Crippen LogP contribution < -0.4 is 10.2 Å². The third-order valence-electron chi connectivity index (χ3n) is 7.18. The largest absolute Gasteiger partial charge is 0.381 e. The van der Waals surface area contributed by atoms with Gasteiger partial charge in [0.25, 0.3) is 0 Å². The average Bonchev–Trinajstić information content (AvgIpc) is 3.16. The molecule has 1 aromatic carbocycles. The Morgan fingerprint density at radius 3 is 2.65 bits per heavy atom. The lowest BCUT2D eigenvalue weighted by atomic mass is 9.80. The van der Waals surface area contributed by atoms with Gasteiger partial charge in [-0.2, -0.15) is 0 Å². The number of para-hydroxylation sites is 1. The SMILES string of the molecule is CS(=O)(=O)N1CCC(Nc2ncc3cccc(N4CCC5(CCOCC5)C4)c3n2)CC1. The molecule has 1 aromatic heterocycles. The standard InChI is InChI=1S/C22H31N5O3S/c1-31(28,29)27-10-5-18(6-11-27)24-21-23-15-17-3-2-4-19(20(17)25-21)26-12-7-22(16-26)8-13-30-14-9-22/h2-4,15,18H,5-14,16H2,1H3,(H,23,24,25). The van der Waals surface area contributed by atoms with Gasteiger partial charge in [0.1, 0.15) is 0 Å². The Bertz CT molecular complexity index is 1050. The fourth-order valence-corrected chi connectivity index (χ4v) is 6.11. The van der Waals surface area contributed by atoms with Crippen LogP contribution in [0.25, 0.3) is 10.9 Å². The Hall–Kier alpha value is -1.97. The van der Waals surface area contributed by atoms with Gasteiger partial charge in [-0.1, -0.05) is 12.1 Å². The molecule has 3 aliphatic rings. The van der Waals surface area contributed by atoms with Crippen LogP contribution in [0.2, 0.25) is 0 Å². The lowest BCUT2D eigenvalue weighted by Gasteiger charge is -2.33. The van der Waals surface area contributed by atoms with E-state index < -0.39 is 10.0 Å². The minimum Gasteiger partial charge on any atom is -0.381 e. The van der Waals surface area contributed by atoms with Gasteiger partial charge in [0, 0.05) is 57.0 Å². The number of anilines is 2. The number of piperidine rings is 1. The van der Waals surface area contributed by atoms with Gasteiger partial charge in [-0.25, -0.2) is 22.7 Å². The Morgan fingerprint density at radius 2 is 1.90 bits per heavy atom. The number of ether oxygens (including phenoxy) is 1. The summed E-state index contributed by atoms with van der Waals surface area (Å²) < 4.78 is 30.6. The minimum atomic E-state index is -3.12. The van der Waals surface area contributed by atoms with Crippen molar-refractivity contribution in [2.24, 2.45) is 5.41 Å². The summed E-state index contributed by atoms with van der Waals surface area (Å²) in [6.45, 7) is 4.93. The number of fused-ring (bicyclic) bond motifs is 1. The molecular formula is C22H31N5O3S. The molecule has 168 valence electrons. The molecule has 0 amide bonds. The number of rotatable bonds is 4. The van der Waals surface area contributed by atoms with Crippen LogP contribution in [-0.2, 0) is 14.8 Å². The fourth-order valence-electron chi connectivity index (χ4n) is 5.23. The van der Waals surface area contributed by atoms with E-state index in [1.54, 1.807) is 4.31 Å². The number of benzene rings is 1. The van der Waals surface area contributed by atoms with Crippen molar-refractivity contribution in [1.82, 2.24) is 14.3 Å². The lowest BCUT2D eigenvalue weighted by molar-refractivity contribution is 0.0254. The number of sulfonamides is 1. The smallest absolute Gasteiger partial charge is 0.223 e. The molecule has 0 unspecified atom stereocenters. The summed E-state index contributed by atoms with van der Waals surface area (Å²) in [5.41, 5.74) is 2.54. The molecule has 1 spiro atoms. The molecule has 0 saturated carbocycles. The summed E-state index contributed by atoms with van der Waals surface area (Å²) in [4.78, 5) is 11.9. The molecule has 3 aliphatic heterocycles. The highest BCUT2D eigenvalue weighted by Gasteiger charge is 2.39. The van der Waals surface area contributed by atoms with Crippen LogP contribution in [0.15, 0.2) is 24.4 Å². The maximum atomic E-state index is 11.7. The summed E-state index contributed by atoms with van der Waals surface area (Å²) in [5.74, 6) is 0.623. The second kappa shape index (κ2) is 8.18. The third kappa shape index (κ3) is 4.36. The predicted molar refractivity (Wildman–Crippen MR) is 122 cm³/mol. The highest BCUT2D eigenvalue weighted by molar-refractivity contribution is 7.88. The van der Waals surface area contributed by atoms with E-state index in [2.05, 4.69) is 33.4 Å². The lowest BCUT2D eigenvalue weighted by Crippen LogP contribution is -2.42. The van der Waals surface area contributed by atoms with E-state index in [0.717, 1.165) is 62.9 Å². The first-order chi connectivity index (χ1) is 14.9. The van der Waals surface area contributed by atoms with Crippen molar-refractivity contribution in [2.75, 3.05) is 55.9 Å². The van der Waals surface area contributed by atoms with E-state index in [1.807, 2.05) is 6.20 Å². The molecule has 0 radical (unpaired) electrons. The van der Waals surface area contributed by atoms with Gasteiger partial charge in [0.2, 0.25) is 16.0 Å². The van der Waals surface area contributed by atoms with Crippen LogP contribution in [0.1, 0.15) is 32.1 Å². The first-order valence-corrected chi connectivity index (χ1v) is 13.1. The van der Waals surface area contributed by atoms with Crippen LogP contribution in [-0.4, -0.2) is 74.4 Å². The summed E-state index contributed by atoms with van der Waals surface area (Å²) in [6, 6.07) is 6.50. The van der Waals surface area contributed by atoms with Crippen molar-refractivity contribution in [3.05, 3.63) is 24.4 Å². The van der Waals surface area contributed by atoms with E-state index in [-0.39, 0.29) is 6.04 Å². The van der Waals surface area contributed by atoms with Crippen LogP contribution in [0, 0.1) is 5.41 Å². The van der Waals surface area contributed by atoms with E-state index in [4.69, 9.17) is 9.72 Å². The van der Waals surface area contributed by atoms with Gasteiger partial charge in [-0.15, -0.1) is 0 Å². The van der Waals surface area contributed by atoms with Gasteiger partial charge < -0.3 is 15.0 Å². The molecule has 0 bridgehead atoms. The summed E-state index contributed by atoms with van der Waals surface area (Å²) in [6.07, 6.45) is 8.17. The molecule has 9 heteroatoms. The van der Waals surface area contributed by atoms with Crippen molar-refractivity contribution in [3.63, 3.8) is 0 Å². The van der Waals surface area contributed by atoms with Crippen molar-refractivity contribution < 1.29 is 13.2 Å². The van der Waals surface area contributed by atoms with Crippen molar-refractivity contribution in [2.45, 2.75) is 38.1 Å². The number of nitrogens with zero attached hydrogens (tertiary/aromatic N) is 4. The molecule has 3 fully saturated rings. The molecule has 2 aromatic rings. The maximum Gasteiger partial charge on any atom is 0.223 e. The van der Waals surface area contributed by atoms with Crippen molar-refractivity contribution in [1.29, 1.82) is 0 Å². The van der Waals surface area contributed by atoms with E-state index in [1.165, 1.54) is 18.4 Å². The molecule has 0 aliphatic carbocycles. The topological polar surface area (TPSA) is 87.7 Å². The monoisotopic (exact) mass is 445 g/mol. The zero-order valence-electron chi connectivity index (χ0n) is 18.1. The van der Waals surface area contributed by atoms with Gasteiger partial charge in [0.05, 0.1) is 17.5 Å². The Labute approximate surface area is 184 Å². The number of aromatic nitrogens is 2. The third-order valence-corrected chi connectivity index (χ3v) is 8.48. The predicted octanol–water partition coefficient (Wildman–Crippen LogP) is 2.47. The van der Waals surface area contributed by atoms with E-state index in [0.29, 0.717) is 24.5 Å². The Morgan fingerprint density at radius 1 is 1.13 bits per heavy atom. The molecular weight excluding hydrogens is 414 g/mol. The molecule has 8 nitrogen and oxygen atoms in total. The van der Waals surface area contributed by atoms with Crippen molar-refractivity contribution in [3.8, 4) is 0 Å². The van der Waals surface area contributed by atoms with E-state index in [9.17, 15) is 8.42 Å². The summed E-state index contributed by atoms with van der Waals surface area (Å²) in [5, 5.41) is 4.49. The molecule has 4 heterocycles. The minimum absolute atomic E-state index is 0.180. The second-order valence-corrected chi connectivity index (χ2v) is 11.3. The fraction of sp³-hybridized carbons (Fsp3) is 0.636. The highest BCUT2D eigenvalue weighted by atomic mass is 32.2. The molecule has 0 atom stereocenters. The quantitative estimate of drug-likeness (QED) is 0.773. The molecule has 31 heavy (non-hydrogen) atoms. The van der Waals surface area contributed by atoms with Crippen LogP contribution in [0.3, 0.4) is 0 Å². The second-order valence-electron chi connectivity index (χ2n) is 9.27. The van der Waals surface area contributed by atoms with Gasteiger partial charge in [0.15, 0.2) is 0 Å². The number of hydrogen-bond acceptors (Lipinski definition) is 7. The van der Waals surface area contributed by atoms with E-state index >= 15 is 0 Å². The zero-order chi connectivity index (χ0) is 21.5. The van der Waals surface area contributed by atoms with Crippen LogP contribution in [0.5, 0.6) is 0 Å². The first kappa shape index (κ1) is 20.9. The van der Waals surface area contributed by atoms with Crippen LogP contribution in [0.4, 0.5) is 11.6 Å². The number of nitrogens with one attached hydrogen (secondary N) is 1. The Balaban J connectivity index is 1.33. The molecule has 1 N–H and O–H groups in total. The van der Waals surface area contributed by atoms with Gasteiger partial charge in [-0.3, -0.25) is 0 Å². The Kier molecular flexibility index (Phi) is 5.52. The maximum absolute atomic E-state index is 11.7. The van der Waals surface area contributed by atoms with Crippen LogP contribution >= 0.6 is 0 Å². The van der Waals surface area contributed by atoms with Gasteiger partial charge >= 0.3 is 0 Å². The molecule has 5 rings (SSSR count).